The summed E-state index contributed by atoms with van der Waals surface area (Å²) in [5, 5.41) is 3.06. The van der Waals surface area contributed by atoms with Gasteiger partial charge in [-0.15, -0.1) is 0 Å². The number of nitrogens with zero attached hydrogens (tertiary/aromatic N) is 3. The fourth-order valence-corrected chi connectivity index (χ4v) is 6.80. The first kappa shape index (κ1) is 32.4. The largest absolute Gasteiger partial charge is 0.379 e. The van der Waals surface area contributed by atoms with E-state index in [4.69, 9.17) is 4.74 Å². The van der Waals surface area contributed by atoms with Crippen LogP contribution in [-0.2, 0) is 40.9 Å². The van der Waals surface area contributed by atoms with Gasteiger partial charge >= 0.3 is 6.03 Å². The second kappa shape index (κ2) is 16.3. The van der Waals surface area contributed by atoms with E-state index in [0.29, 0.717) is 19.6 Å². The Morgan fingerprint density at radius 1 is 0.689 bits per heavy atom. The monoisotopic (exact) mass is 626 g/mol. The third-order valence-corrected chi connectivity index (χ3v) is 9.72. The summed E-state index contributed by atoms with van der Waals surface area (Å²) in [4.78, 5) is 17.7. The molecular weight excluding hydrogens is 584 g/mol. The van der Waals surface area contributed by atoms with Crippen molar-refractivity contribution in [1.29, 1.82) is 0 Å². The Balaban J connectivity index is 1.29. The van der Waals surface area contributed by atoms with E-state index in [0.717, 1.165) is 61.5 Å². The van der Waals surface area contributed by atoms with Gasteiger partial charge in [0.15, 0.2) is 0 Å². The lowest BCUT2D eigenvalue weighted by atomic mass is 10.2. The molecule has 1 heterocycles. The first-order valence-corrected chi connectivity index (χ1v) is 16.9. The molecule has 0 unspecified atom stereocenters. The number of carbonyl (C=O) groups is 1. The molecule has 0 radical (unpaired) electrons. The Kier molecular flexibility index (Phi) is 11.8. The number of hydrogen-bond acceptors (Lipinski definition) is 5. The van der Waals surface area contributed by atoms with Crippen molar-refractivity contribution in [2.24, 2.45) is 0 Å². The molecular formula is C36H42N4O4S. The van der Waals surface area contributed by atoms with Crippen LogP contribution in [0.1, 0.15) is 28.7 Å². The van der Waals surface area contributed by atoms with E-state index in [1.807, 2.05) is 108 Å². The lowest BCUT2D eigenvalue weighted by Crippen LogP contribution is -2.42. The van der Waals surface area contributed by atoms with Gasteiger partial charge < -0.3 is 15.0 Å². The highest BCUT2D eigenvalue weighted by molar-refractivity contribution is 7.89. The highest BCUT2D eigenvalue weighted by Crippen LogP contribution is 2.22. The molecule has 1 saturated heterocycles. The maximum atomic E-state index is 13.9. The summed E-state index contributed by atoms with van der Waals surface area (Å²) < 4.78 is 34.8. The number of nitrogens with one attached hydrogen (secondary N) is 1. The molecule has 236 valence electrons. The molecule has 0 spiro atoms. The van der Waals surface area contributed by atoms with Crippen LogP contribution in [0.15, 0.2) is 120 Å². The minimum absolute atomic E-state index is 0.144. The normalized spacial score (nSPS) is 13.9. The van der Waals surface area contributed by atoms with Crippen LogP contribution >= 0.6 is 0 Å². The van der Waals surface area contributed by atoms with Crippen LogP contribution < -0.4 is 5.32 Å². The summed E-state index contributed by atoms with van der Waals surface area (Å²) in [6, 6.07) is 35.9. The predicted octanol–water partition coefficient (Wildman–Crippen LogP) is 5.51. The molecule has 1 N–H and O–H groups in total. The van der Waals surface area contributed by atoms with Crippen molar-refractivity contribution in [2.75, 3.05) is 39.4 Å². The van der Waals surface area contributed by atoms with Crippen molar-refractivity contribution < 1.29 is 17.9 Å². The molecule has 0 aliphatic carbocycles. The van der Waals surface area contributed by atoms with Crippen LogP contribution in [0, 0.1) is 0 Å². The maximum Gasteiger partial charge on any atom is 0.317 e. The van der Waals surface area contributed by atoms with Crippen LogP contribution in [0.4, 0.5) is 4.79 Å². The van der Waals surface area contributed by atoms with Crippen molar-refractivity contribution in [3.63, 3.8) is 0 Å². The van der Waals surface area contributed by atoms with E-state index >= 15 is 0 Å². The third-order valence-electron chi connectivity index (χ3n) is 7.92. The van der Waals surface area contributed by atoms with Gasteiger partial charge in [0.05, 0.1) is 18.1 Å². The lowest BCUT2D eigenvalue weighted by molar-refractivity contribution is 0.0364. The molecule has 9 heteroatoms. The van der Waals surface area contributed by atoms with Gasteiger partial charge in [-0.3, -0.25) is 4.90 Å². The third kappa shape index (κ3) is 9.73. The average Bonchev–Trinajstić information content (AvgIpc) is 3.08. The zero-order valence-corrected chi connectivity index (χ0v) is 26.4. The minimum atomic E-state index is -3.80. The van der Waals surface area contributed by atoms with Gasteiger partial charge in [-0.1, -0.05) is 103 Å². The lowest BCUT2D eigenvalue weighted by Gasteiger charge is -2.28. The quantitative estimate of drug-likeness (QED) is 0.200. The predicted molar refractivity (Wildman–Crippen MR) is 177 cm³/mol. The van der Waals surface area contributed by atoms with Crippen molar-refractivity contribution in [2.45, 2.75) is 37.5 Å². The summed E-state index contributed by atoms with van der Waals surface area (Å²) in [7, 11) is -3.80. The van der Waals surface area contributed by atoms with Crippen LogP contribution in [0.25, 0.3) is 0 Å². The molecule has 1 aliphatic heterocycles. The number of rotatable bonds is 14. The van der Waals surface area contributed by atoms with Gasteiger partial charge in [0.1, 0.15) is 0 Å². The Bertz CT molecular complexity index is 1520. The highest BCUT2D eigenvalue weighted by Gasteiger charge is 2.25. The van der Waals surface area contributed by atoms with Gasteiger partial charge in [0.25, 0.3) is 0 Å². The van der Waals surface area contributed by atoms with Gasteiger partial charge in [-0.25, -0.2) is 13.2 Å². The molecule has 4 aromatic rings. The first-order valence-electron chi connectivity index (χ1n) is 15.5. The standard InChI is InChI=1S/C36H42N4O4S/c41-36(37-27-31-11-4-1-5-12-31)39(22-10-21-38-23-25-44-26-24-38)28-34-17-19-35(20-18-34)45(42,43)40(29-32-13-6-2-7-14-32)30-33-15-8-3-9-16-33/h1-9,11-20H,10,21-30H2,(H,37,41). The number of morpholine rings is 1. The van der Waals surface area contributed by atoms with Crippen molar-refractivity contribution >= 4 is 16.1 Å². The van der Waals surface area contributed by atoms with Gasteiger partial charge in [-0.05, 0) is 40.8 Å². The number of urea groups is 1. The summed E-state index contributed by atoms with van der Waals surface area (Å²) in [6.45, 7) is 6.11. The smallest absolute Gasteiger partial charge is 0.317 e. The Morgan fingerprint density at radius 2 is 1.20 bits per heavy atom. The number of sulfonamides is 1. The summed E-state index contributed by atoms with van der Waals surface area (Å²) in [6.07, 6.45) is 0.832. The molecule has 45 heavy (non-hydrogen) atoms. The van der Waals surface area contributed by atoms with Gasteiger partial charge in [0, 0.05) is 52.4 Å². The number of amides is 2. The van der Waals surface area contributed by atoms with Crippen LogP contribution in [-0.4, -0.2) is 67.9 Å². The van der Waals surface area contributed by atoms with Crippen LogP contribution in [0.2, 0.25) is 0 Å². The molecule has 0 bridgehead atoms. The zero-order chi connectivity index (χ0) is 31.3. The molecule has 0 atom stereocenters. The summed E-state index contributed by atoms with van der Waals surface area (Å²) in [5.41, 5.74) is 3.74. The Labute approximate surface area is 267 Å². The molecule has 8 nitrogen and oxygen atoms in total. The Morgan fingerprint density at radius 3 is 1.76 bits per heavy atom. The number of benzene rings is 4. The van der Waals surface area contributed by atoms with Crippen molar-refractivity contribution in [1.82, 2.24) is 19.4 Å². The van der Waals surface area contributed by atoms with E-state index in [1.165, 1.54) is 4.31 Å². The number of carbonyl (C=O) groups excluding carboxylic acids is 1. The number of hydrogen-bond donors (Lipinski definition) is 1. The van der Waals surface area contributed by atoms with E-state index in [-0.39, 0.29) is 24.0 Å². The second-order valence-corrected chi connectivity index (χ2v) is 13.2. The fraction of sp³-hybridized carbons (Fsp3) is 0.306. The first-order chi connectivity index (χ1) is 22.0. The molecule has 1 fully saturated rings. The van der Waals surface area contributed by atoms with E-state index < -0.39 is 10.0 Å². The maximum absolute atomic E-state index is 13.9. The minimum Gasteiger partial charge on any atom is -0.379 e. The van der Waals surface area contributed by atoms with E-state index in [9.17, 15) is 13.2 Å². The van der Waals surface area contributed by atoms with Gasteiger partial charge in [-0.2, -0.15) is 4.31 Å². The number of ether oxygens (including phenoxy) is 1. The topological polar surface area (TPSA) is 82.2 Å². The Hall–Kier alpha value is -4.02. The molecule has 0 aromatic heterocycles. The molecule has 5 rings (SSSR count). The fourth-order valence-electron chi connectivity index (χ4n) is 5.38. The van der Waals surface area contributed by atoms with Crippen molar-refractivity contribution in [3.8, 4) is 0 Å². The SMILES string of the molecule is O=C(NCc1ccccc1)N(CCCN1CCOCC1)Cc1ccc(S(=O)(=O)N(Cc2ccccc2)Cc2ccccc2)cc1. The molecule has 2 amide bonds. The summed E-state index contributed by atoms with van der Waals surface area (Å²) >= 11 is 0. The zero-order valence-electron chi connectivity index (χ0n) is 25.6. The van der Waals surface area contributed by atoms with E-state index in [1.54, 1.807) is 12.1 Å². The molecule has 1 aliphatic rings. The van der Waals surface area contributed by atoms with Crippen molar-refractivity contribution in [3.05, 3.63) is 138 Å². The highest BCUT2D eigenvalue weighted by atomic mass is 32.2. The molecule has 0 saturated carbocycles. The van der Waals surface area contributed by atoms with E-state index in [2.05, 4.69) is 10.2 Å². The molecule has 4 aromatic carbocycles. The summed E-state index contributed by atoms with van der Waals surface area (Å²) in [5.74, 6) is 0. The average molecular weight is 627 g/mol. The second-order valence-electron chi connectivity index (χ2n) is 11.3. The van der Waals surface area contributed by atoms with Crippen LogP contribution in [0.3, 0.4) is 0 Å². The van der Waals surface area contributed by atoms with Crippen LogP contribution in [0.5, 0.6) is 0 Å². The van der Waals surface area contributed by atoms with Gasteiger partial charge in [0.2, 0.25) is 10.0 Å².